The average Bonchev–Trinajstić information content (AvgIpc) is 3.41. The summed E-state index contributed by atoms with van der Waals surface area (Å²) in [6, 6.07) is 29.1. The van der Waals surface area contributed by atoms with Crippen molar-refractivity contribution >= 4 is 27.2 Å². The third-order valence-corrected chi connectivity index (χ3v) is 6.46. The molecule has 154 valence electrons. The molecule has 0 saturated heterocycles. The predicted molar refractivity (Wildman–Crippen MR) is 129 cm³/mol. The Morgan fingerprint density at radius 1 is 0.844 bits per heavy atom. The Labute approximate surface area is 189 Å². The molecule has 0 amide bonds. The molecule has 0 radical (unpaired) electrons. The molecule has 3 aromatic carbocycles. The highest BCUT2D eigenvalue weighted by atomic mass is 32.1. The van der Waals surface area contributed by atoms with Gasteiger partial charge >= 0.3 is 0 Å². The number of hydrogen-bond donors (Lipinski definition) is 0. The van der Waals surface area contributed by atoms with Gasteiger partial charge in [-0.05, 0) is 30.7 Å². The van der Waals surface area contributed by atoms with E-state index in [4.69, 9.17) is 10.1 Å². The summed E-state index contributed by atoms with van der Waals surface area (Å²) in [6.45, 7) is 2.10. The van der Waals surface area contributed by atoms with Crippen LogP contribution in [-0.4, -0.2) is 24.8 Å². The quantitative estimate of drug-likeness (QED) is 0.344. The molecule has 0 bridgehead atoms. The van der Waals surface area contributed by atoms with Crippen LogP contribution in [0.15, 0.2) is 84.9 Å². The second-order valence-electron chi connectivity index (χ2n) is 7.82. The van der Waals surface area contributed by atoms with E-state index in [2.05, 4.69) is 65.7 Å². The fourth-order valence-corrected chi connectivity index (χ4v) is 4.82. The summed E-state index contributed by atoms with van der Waals surface area (Å²) in [5.41, 5.74) is 6.44. The van der Waals surface area contributed by atoms with Gasteiger partial charge in [-0.3, -0.25) is 0 Å². The van der Waals surface area contributed by atoms with Crippen LogP contribution in [-0.2, 0) is 6.42 Å². The van der Waals surface area contributed by atoms with Crippen molar-refractivity contribution in [2.45, 2.75) is 13.3 Å². The molecule has 32 heavy (non-hydrogen) atoms. The van der Waals surface area contributed by atoms with Crippen LogP contribution in [0.2, 0.25) is 0 Å². The molecule has 0 aliphatic heterocycles. The molecule has 0 spiro atoms. The van der Waals surface area contributed by atoms with Crippen molar-refractivity contribution in [1.82, 2.24) is 24.8 Å². The molecule has 0 atom stereocenters. The average molecular weight is 434 g/mol. The summed E-state index contributed by atoms with van der Waals surface area (Å²) in [5, 5.41) is 15.7. The highest BCUT2D eigenvalue weighted by Gasteiger charge is 2.17. The van der Waals surface area contributed by atoms with Crippen LogP contribution < -0.4 is 0 Å². The molecule has 3 heterocycles. The summed E-state index contributed by atoms with van der Waals surface area (Å²) in [7, 11) is 0. The van der Waals surface area contributed by atoms with E-state index in [1.54, 1.807) is 11.3 Å². The predicted octanol–water partition coefficient (Wildman–Crippen LogP) is 5.97. The first-order valence-corrected chi connectivity index (χ1v) is 11.3. The summed E-state index contributed by atoms with van der Waals surface area (Å²) in [4.78, 5) is 5.73. The molecule has 0 fully saturated rings. The van der Waals surface area contributed by atoms with Gasteiger partial charge in [0.2, 0.25) is 4.96 Å². The topological polar surface area (TPSA) is 56.0 Å². The zero-order valence-electron chi connectivity index (χ0n) is 17.4. The number of aromatic nitrogens is 5. The van der Waals surface area contributed by atoms with Crippen LogP contribution in [0.3, 0.4) is 0 Å². The Hall–Kier alpha value is -3.90. The largest absolute Gasteiger partial charge is 0.248 e. The number of hydrogen-bond acceptors (Lipinski definition) is 5. The van der Waals surface area contributed by atoms with Crippen molar-refractivity contribution < 1.29 is 0 Å². The molecule has 0 aliphatic carbocycles. The molecule has 6 heteroatoms. The lowest BCUT2D eigenvalue weighted by molar-refractivity contribution is 0.854. The number of pyridine rings is 1. The van der Waals surface area contributed by atoms with Crippen molar-refractivity contribution in [1.29, 1.82) is 0 Å². The minimum Gasteiger partial charge on any atom is -0.248 e. The van der Waals surface area contributed by atoms with Gasteiger partial charge in [0, 0.05) is 22.9 Å². The molecule has 5 nitrogen and oxygen atoms in total. The number of benzene rings is 3. The molecule has 0 aliphatic rings. The van der Waals surface area contributed by atoms with E-state index in [0.29, 0.717) is 6.42 Å². The molecule has 3 aromatic heterocycles. The Bertz CT molecular complexity index is 1550. The van der Waals surface area contributed by atoms with Crippen molar-refractivity contribution in [3.8, 4) is 21.8 Å². The maximum atomic E-state index is 4.94. The van der Waals surface area contributed by atoms with Gasteiger partial charge in [0.25, 0.3) is 0 Å². The van der Waals surface area contributed by atoms with Crippen molar-refractivity contribution in [2.24, 2.45) is 0 Å². The van der Waals surface area contributed by atoms with E-state index in [9.17, 15) is 0 Å². The number of nitrogens with zero attached hydrogens (tertiary/aromatic N) is 5. The Balaban J connectivity index is 1.52. The van der Waals surface area contributed by atoms with Crippen LogP contribution in [0, 0.1) is 6.92 Å². The third-order valence-electron chi connectivity index (χ3n) is 5.52. The standard InChI is InChI=1S/C26H19N5S/c1-17-12-13-22-20(14-17)21(16-23(27-22)19-10-6-3-7-11-19)25-30-31-24(28-29-26(31)32-25)15-18-8-4-2-5-9-18/h2-14,16H,15H2,1H3. The minimum atomic E-state index is 0.691. The van der Waals surface area contributed by atoms with E-state index in [-0.39, 0.29) is 0 Å². The molecule has 6 aromatic rings. The molecule has 0 saturated carbocycles. The Morgan fingerprint density at radius 3 is 2.44 bits per heavy atom. The van der Waals surface area contributed by atoms with E-state index >= 15 is 0 Å². The lowest BCUT2D eigenvalue weighted by atomic mass is 10.0. The van der Waals surface area contributed by atoms with E-state index in [0.717, 1.165) is 43.5 Å². The van der Waals surface area contributed by atoms with Gasteiger partial charge in [0.1, 0.15) is 5.01 Å². The molecule has 0 unspecified atom stereocenters. The van der Waals surface area contributed by atoms with E-state index < -0.39 is 0 Å². The van der Waals surface area contributed by atoms with Gasteiger partial charge in [-0.15, -0.1) is 10.2 Å². The van der Waals surface area contributed by atoms with E-state index in [1.807, 2.05) is 40.9 Å². The zero-order valence-corrected chi connectivity index (χ0v) is 18.3. The fourth-order valence-electron chi connectivity index (χ4n) is 3.93. The summed E-state index contributed by atoms with van der Waals surface area (Å²) < 4.78 is 1.87. The van der Waals surface area contributed by atoms with Gasteiger partial charge in [-0.1, -0.05) is 83.6 Å². The van der Waals surface area contributed by atoms with Gasteiger partial charge < -0.3 is 0 Å². The first-order chi connectivity index (χ1) is 15.7. The molecular weight excluding hydrogens is 414 g/mol. The van der Waals surface area contributed by atoms with Crippen LogP contribution in [0.4, 0.5) is 0 Å². The maximum absolute atomic E-state index is 4.94. The monoisotopic (exact) mass is 433 g/mol. The van der Waals surface area contributed by atoms with Gasteiger partial charge in [0.05, 0.1) is 11.2 Å². The van der Waals surface area contributed by atoms with Crippen molar-refractivity contribution in [3.63, 3.8) is 0 Å². The van der Waals surface area contributed by atoms with Gasteiger partial charge in [0.15, 0.2) is 5.82 Å². The number of aryl methyl sites for hydroxylation is 1. The van der Waals surface area contributed by atoms with Crippen molar-refractivity contribution in [2.75, 3.05) is 0 Å². The lowest BCUT2D eigenvalue weighted by Gasteiger charge is -2.09. The second kappa shape index (κ2) is 7.66. The Kier molecular flexibility index (Phi) is 4.51. The highest BCUT2D eigenvalue weighted by Crippen LogP contribution is 2.35. The van der Waals surface area contributed by atoms with Crippen LogP contribution in [0.1, 0.15) is 17.0 Å². The van der Waals surface area contributed by atoms with Crippen LogP contribution in [0.25, 0.3) is 37.7 Å². The lowest BCUT2D eigenvalue weighted by Crippen LogP contribution is -1.98. The number of rotatable bonds is 4. The Morgan fingerprint density at radius 2 is 1.62 bits per heavy atom. The first-order valence-electron chi connectivity index (χ1n) is 10.5. The fraction of sp³-hybridized carbons (Fsp3) is 0.0769. The minimum absolute atomic E-state index is 0.691. The maximum Gasteiger partial charge on any atom is 0.234 e. The van der Waals surface area contributed by atoms with Crippen molar-refractivity contribution in [3.05, 3.63) is 102 Å². The number of fused-ring (bicyclic) bond motifs is 2. The zero-order chi connectivity index (χ0) is 21.5. The molecule has 0 N–H and O–H groups in total. The summed E-state index contributed by atoms with van der Waals surface area (Å²) in [5.74, 6) is 0.839. The van der Waals surface area contributed by atoms with Gasteiger partial charge in [-0.2, -0.15) is 9.61 Å². The van der Waals surface area contributed by atoms with Gasteiger partial charge in [-0.25, -0.2) is 4.98 Å². The van der Waals surface area contributed by atoms with E-state index in [1.165, 1.54) is 11.1 Å². The molecule has 6 rings (SSSR count). The molecular formula is C26H19N5S. The third kappa shape index (κ3) is 3.35. The second-order valence-corrected chi connectivity index (χ2v) is 8.78. The highest BCUT2D eigenvalue weighted by molar-refractivity contribution is 7.19. The summed E-state index contributed by atoms with van der Waals surface area (Å²) >= 11 is 1.56. The van der Waals surface area contributed by atoms with Crippen LogP contribution in [0.5, 0.6) is 0 Å². The smallest absolute Gasteiger partial charge is 0.234 e. The van der Waals surface area contributed by atoms with Crippen LogP contribution >= 0.6 is 11.3 Å². The SMILES string of the molecule is Cc1ccc2nc(-c3ccccc3)cc(-c3nn4c(Cc5ccccc5)nnc4s3)c2c1. The first kappa shape index (κ1) is 18.8. The summed E-state index contributed by atoms with van der Waals surface area (Å²) in [6.07, 6.45) is 0.691. The normalized spacial score (nSPS) is 11.4.